The zero-order valence-corrected chi connectivity index (χ0v) is 69.5. The van der Waals surface area contributed by atoms with Crippen molar-refractivity contribution in [2.75, 3.05) is 9.80 Å². The number of hydrogen-bond acceptors (Lipinski definition) is 7. The van der Waals surface area contributed by atoms with Crippen LogP contribution in [0.4, 0.5) is 34.1 Å². The Hall–Kier alpha value is -16.6. The molecule has 0 fully saturated rings. The highest BCUT2D eigenvalue weighted by molar-refractivity contribution is 7.26. The average molecular weight is 1640 g/mol. The second kappa shape index (κ2) is 30.2. The zero-order chi connectivity index (χ0) is 83.6. The molecule has 7 heteroatoms. The third-order valence-corrected chi connectivity index (χ3v) is 26.8. The smallest absolute Gasteiger partial charge is 0.145 e. The second-order valence-electron chi connectivity index (χ2n) is 32.9. The van der Waals surface area contributed by atoms with E-state index in [0.717, 1.165) is 171 Å². The van der Waals surface area contributed by atoms with E-state index in [9.17, 15) is 0 Å². The Kier molecular flexibility index (Phi) is 17.4. The summed E-state index contributed by atoms with van der Waals surface area (Å²) in [6, 6.07) is 161. The van der Waals surface area contributed by atoms with E-state index >= 15 is 0 Å². The highest BCUT2D eigenvalue weighted by atomic mass is 32.1. The van der Waals surface area contributed by atoms with E-state index in [2.05, 4.69) is 434 Å². The van der Waals surface area contributed by atoms with E-state index in [4.69, 9.17) is 17.7 Å². The van der Waals surface area contributed by atoms with Crippen LogP contribution in [-0.4, -0.2) is 0 Å². The topological polar surface area (TPSA) is 59.0 Å². The van der Waals surface area contributed by atoms with Gasteiger partial charge in [-0.15, -0.1) is 11.3 Å². The Bertz CT molecular complexity index is 8800. The lowest BCUT2D eigenvalue weighted by atomic mass is 9.98. The molecule has 0 N–H and O–H groups in total. The van der Waals surface area contributed by atoms with Crippen molar-refractivity contribution in [1.29, 1.82) is 0 Å². The Labute approximate surface area is 734 Å². The van der Waals surface area contributed by atoms with Gasteiger partial charge in [0.1, 0.15) is 44.7 Å². The second-order valence-corrected chi connectivity index (χ2v) is 33.9. The molecule has 5 aromatic heterocycles. The van der Waals surface area contributed by atoms with E-state index in [1.165, 1.54) is 81.0 Å². The summed E-state index contributed by atoms with van der Waals surface area (Å²) < 4.78 is 28.7. The summed E-state index contributed by atoms with van der Waals surface area (Å²) in [5, 5.41) is 18.1. The predicted octanol–water partition coefficient (Wildman–Crippen LogP) is 35.4. The zero-order valence-electron chi connectivity index (χ0n) is 68.7. The van der Waals surface area contributed by atoms with Crippen molar-refractivity contribution < 1.29 is 17.7 Å². The third-order valence-electron chi connectivity index (χ3n) is 25.6. The quantitative estimate of drug-likeness (QED) is 0.115. The van der Waals surface area contributed by atoms with Crippen LogP contribution in [0.3, 0.4) is 0 Å². The van der Waals surface area contributed by atoms with Crippen molar-refractivity contribution in [3.63, 3.8) is 0 Å². The molecule has 0 saturated heterocycles. The number of hydrogen-bond donors (Lipinski definition) is 0. The van der Waals surface area contributed by atoms with Crippen LogP contribution >= 0.6 is 11.3 Å². The van der Waals surface area contributed by atoms with E-state index < -0.39 is 0 Å². The number of benzene rings is 21. The largest absolute Gasteiger partial charge is 0.456 e. The maximum Gasteiger partial charge on any atom is 0.145 e. The van der Waals surface area contributed by atoms with Crippen molar-refractivity contribution in [2.45, 2.75) is 0 Å². The minimum Gasteiger partial charge on any atom is -0.456 e. The van der Waals surface area contributed by atoms with Gasteiger partial charge < -0.3 is 27.5 Å². The fraction of sp³-hybridized carbons (Fsp3) is 0. The maximum absolute atomic E-state index is 7.00. The van der Waals surface area contributed by atoms with Crippen LogP contribution in [0.1, 0.15) is 0 Å². The number of thiophene rings is 1. The molecule has 5 heterocycles. The molecule has 6 nitrogen and oxygen atoms in total. The first-order valence-corrected chi connectivity index (χ1v) is 43.9. The summed E-state index contributed by atoms with van der Waals surface area (Å²) in [5.74, 6) is 0. The molecule has 0 spiro atoms. The number of fused-ring (bicyclic) bond motifs is 20. The van der Waals surface area contributed by atoms with E-state index in [1.807, 2.05) is 35.6 Å². The fourth-order valence-corrected chi connectivity index (χ4v) is 20.5. The molecular formula is C120H74N2O4S. The molecule has 0 aliphatic carbocycles. The molecule has 0 unspecified atom stereocenters. The first-order valence-electron chi connectivity index (χ1n) is 43.1. The summed E-state index contributed by atoms with van der Waals surface area (Å²) in [6.45, 7) is 0. The van der Waals surface area contributed by atoms with Crippen LogP contribution < -0.4 is 9.80 Å². The van der Waals surface area contributed by atoms with E-state index in [-0.39, 0.29) is 0 Å². The van der Waals surface area contributed by atoms with Crippen LogP contribution in [0, 0.1) is 0 Å². The molecule has 0 radical (unpaired) electrons. The lowest BCUT2D eigenvalue weighted by molar-refractivity contribution is 0.668. The highest BCUT2D eigenvalue weighted by Crippen LogP contribution is 2.52. The highest BCUT2D eigenvalue weighted by Gasteiger charge is 2.27. The van der Waals surface area contributed by atoms with Crippen LogP contribution in [0.5, 0.6) is 0 Å². The van der Waals surface area contributed by atoms with Gasteiger partial charge in [-0.3, -0.25) is 0 Å². The summed E-state index contributed by atoms with van der Waals surface area (Å²) in [7, 11) is 0. The molecule has 21 aromatic carbocycles. The molecule has 0 amide bonds. The Morgan fingerprint density at radius 2 is 0.465 bits per heavy atom. The van der Waals surface area contributed by atoms with E-state index in [0.29, 0.717) is 0 Å². The summed E-state index contributed by atoms with van der Waals surface area (Å²) in [4.78, 5) is 4.85. The van der Waals surface area contributed by atoms with Crippen molar-refractivity contribution in [3.05, 3.63) is 449 Å². The standard InChI is InChI=1S/C64H39NO2S.C56H35NO2/c1-3-11-40(12-4-1)42-21-23-43(24-22-42)44-25-31-49(32-26-44)65(57-19-10-17-52-55-39-46(41-13-5-2-6-14-41)30-36-61(55)68-64(52)57)56-18-9-15-45-27-33-51-54-38-48(29-35-60(54)67-63(51)62(45)56)47-28-34-59-53(37-47)50-16-7-8-20-58(50)66-59;1-2-10-36(11-3-1)37-20-22-38(23-21-37)39-24-29-44(30-25-39)57(50-17-8-13-40-12-4-5-15-45(40)50)51-18-9-14-41-26-31-47-49-35-43(28-33-54(49)59-56(47)55(41)51)42-27-32-53-48(34-42)46-16-6-7-19-52(46)58-53/h1-39H;1-35H. The minimum absolute atomic E-state index is 0.857. The average Bonchev–Trinajstić information content (AvgIpc) is 1.61. The number of furan rings is 4. The first-order chi connectivity index (χ1) is 62.9. The van der Waals surface area contributed by atoms with Gasteiger partial charge in [-0.1, -0.05) is 315 Å². The molecule has 127 heavy (non-hydrogen) atoms. The van der Waals surface area contributed by atoms with Crippen molar-refractivity contribution in [3.8, 4) is 77.9 Å². The van der Waals surface area contributed by atoms with Gasteiger partial charge in [0.2, 0.25) is 0 Å². The van der Waals surface area contributed by atoms with Gasteiger partial charge in [0.25, 0.3) is 0 Å². The van der Waals surface area contributed by atoms with Gasteiger partial charge in [-0.25, -0.2) is 0 Å². The molecule has 26 rings (SSSR count). The predicted molar refractivity (Wildman–Crippen MR) is 535 cm³/mol. The molecular weight excluding hydrogens is 1570 g/mol. The van der Waals surface area contributed by atoms with Gasteiger partial charge in [-0.2, -0.15) is 0 Å². The molecule has 0 saturated carbocycles. The monoisotopic (exact) mass is 1640 g/mol. The Balaban J connectivity index is 0.000000140. The lowest BCUT2D eigenvalue weighted by Gasteiger charge is -2.28. The lowest BCUT2D eigenvalue weighted by Crippen LogP contribution is -2.11. The summed E-state index contributed by atoms with van der Waals surface area (Å²) >= 11 is 1.85. The molecule has 26 aromatic rings. The van der Waals surface area contributed by atoms with Crippen molar-refractivity contribution >= 4 is 186 Å². The van der Waals surface area contributed by atoms with Crippen molar-refractivity contribution in [2.24, 2.45) is 0 Å². The number of rotatable bonds is 13. The molecule has 0 aliphatic rings. The van der Waals surface area contributed by atoms with Gasteiger partial charge in [0, 0.05) is 86.1 Å². The van der Waals surface area contributed by atoms with Gasteiger partial charge in [0.05, 0.1) is 27.4 Å². The summed E-state index contributed by atoms with van der Waals surface area (Å²) in [5.41, 5.74) is 30.0. The molecule has 0 aliphatic heterocycles. The van der Waals surface area contributed by atoms with Gasteiger partial charge in [-0.05, 0) is 228 Å². The Morgan fingerprint density at radius 3 is 0.929 bits per heavy atom. The van der Waals surface area contributed by atoms with Crippen molar-refractivity contribution in [1.82, 2.24) is 0 Å². The normalized spacial score (nSPS) is 11.8. The molecule has 0 bridgehead atoms. The fourth-order valence-electron chi connectivity index (χ4n) is 19.3. The van der Waals surface area contributed by atoms with Crippen LogP contribution in [0.15, 0.2) is 467 Å². The summed E-state index contributed by atoms with van der Waals surface area (Å²) in [6.07, 6.45) is 0. The minimum atomic E-state index is 0.857. The first kappa shape index (κ1) is 73.2. The van der Waals surface area contributed by atoms with Gasteiger partial charge >= 0.3 is 0 Å². The van der Waals surface area contributed by atoms with Crippen LogP contribution in [-0.2, 0) is 0 Å². The SMILES string of the molecule is c1ccc(-c2ccc(-c3ccc(N(c4cccc5c4sc4ccc(-c6ccccc6)cc45)c4cccc5ccc6c7cc(-c8ccc9oc%10ccccc%10c9c8)ccc7oc6c45)cc3)cc2)cc1.c1ccc(-c2ccc(-c3ccc(N(c4cccc5ccccc45)c4cccc5ccc6c7cc(-c8ccc9oc%10ccccc%10c9c8)ccc7oc6c45)cc3)cc2)cc1. The number of anilines is 6. The molecule has 594 valence electrons. The molecule has 0 atom stereocenters. The number of nitrogens with zero attached hydrogens (tertiary/aromatic N) is 2. The Morgan fingerprint density at radius 1 is 0.165 bits per heavy atom. The number of para-hydroxylation sites is 2. The van der Waals surface area contributed by atoms with E-state index in [1.54, 1.807) is 0 Å². The maximum atomic E-state index is 7.00. The van der Waals surface area contributed by atoms with Gasteiger partial charge in [0.15, 0.2) is 0 Å². The third kappa shape index (κ3) is 12.7. The van der Waals surface area contributed by atoms with Crippen LogP contribution in [0.25, 0.3) is 218 Å². The van der Waals surface area contributed by atoms with Crippen LogP contribution in [0.2, 0.25) is 0 Å².